The van der Waals surface area contributed by atoms with Crippen LogP contribution in [-0.4, -0.2) is 19.6 Å². The van der Waals surface area contributed by atoms with Crippen LogP contribution in [0.3, 0.4) is 0 Å². The molecule has 0 atom stereocenters. The Morgan fingerprint density at radius 3 is 2.88 bits per heavy atom. The van der Waals surface area contributed by atoms with Crippen molar-refractivity contribution in [2.24, 2.45) is 0 Å². The van der Waals surface area contributed by atoms with Crippen LogP contribution in [0.25, 0.3) is 17.0 Å². The lowest BCUT2D eigenvalue weighted by Gasteiger charge is -1.93. The number of nitrogen functional groups attached to an aromatic ring is 1. The molecule has 0 aromatic carbocycles. The summed E-state index contributed by atoms with van der Waals surface area (Å²) in [4.78, 5) is 8.41. The van der Waals surface area contributed by atoms with E-state index >= 15 is 0 Å². The Balaban J connectivity index is 2.19. The summed E-state index contributed by atoms with van der Waals surface area (Å²) in [6, 6.07) is 7.58. The monoisotopic (exact) mass is 211 g/mol. The third-order valence-corrected chi connectivity index (χ3v) is 2.26. The van der Waals surface area contributed by atoms with Gasteiger partial charge in [0, 0.05) is 12.3 Å². The third kappa shape index (κ3) is 1.38. The summed E-state index contributed by atoms with van der Waals surface area (Å²) in [6.45, 7) is 0. The summed E-state index contributed by atoms with van der Waals surface area (Å²) in [7, 11) is 0. The number of rotatable bonds is 1. The van der Waals surface area contributed by atoms with Gasteiger partial charge in [-0.25, -0.2) is 9.50 Å². The molecular formula is C11H9N5. The van der Waals surface area contributed by atoms with Crippen LogP contribution in [0.15, 0.2) is 42.9 Å². The van der Waals surface area contributed by atoms with Crippen molar-refractivity contribution in [1.82, 2.24) is 19.6 Å². The number of nitrogens with two attached hydrogens (primary N) is 1. The summed E-state index contributed by atoms with van der Waals surface area (Å²) in [5.41, 5.74) is 8.59. The summed E-state index contributed by atoms with van der Waals surface area (Å²) >= 11 is 0. The molecule has 0 spiro atoms. The number of hydrogen-bond donors (Lipinski definition) is 1. The van der Waals surface area contributed by atoms with E-state index in [-0.39, 0.29) is 0 Å². The molecule has 3 rings (SSSR count). The van der Waals surface area contributed by atoms with E-state index in [2.05, 4.69) is 15.1 Å². The Bertz CT molecular complexity index is 629. The van der Waals surface area contributed by atoms with Crippen molar-refractivity contribution in [3.63, 3.8) is 0 Å². The van der Waals surface area contributed by atoms with Gasteiger partial charge in [0.25, 0.3) is 0 Å². The minimum absolute atomic E-state index is 0.586. The molecule has 0 saturated heterocycles. The first-order valence-corrected chi connectivity index (χ1v) is 4.85. The predicted octanol–water partition coefficient (Wildman–Crippen LogP) is 1.37. The van der Waals surface area contributed by atoms with E-state index in [1.54, 1.807) is 23.1 Å². The first-order valence-electron chi connectivity index (χ1n) is 4.85. The van der Waals surface area contributed by atoms with Crippen molar-refractivity contribution in [2.45, 2.75) is 0 Å². The van der Waals surface area contributed by atoms with Gasteiger partial charge in [-0.1, -0.05) is 6.07 Å². The minimum Gasteiger partial charge on any atom is -0.396 e. The van der Waals surface area contributed by atoms with Crippen molar-refractivity contribution in [3.05, 3.63) is 42.9 Å². The molecule has 0 aliphatic carbocycles. The highest BCUT2D eigenvalue weighted by Crippen LogP contribution is 2.16. The molecule has 5 nitrogen and oxygen atoms in total. The van der Waals surface area contributed by atoms with E-state index in [4.69, 9.17) is 5.73 Å². The zero-order valence-electron chi connectivity index (χ0n) is 8.41. The SMILES string of the molecule is Nc1cnc2cc(-c3ccccn3)nn2c1. The van der Waals surface area contributed by atoms with Gasteiger partial charge in [0.05, 0.1) is 23.8 Å². The lowest BCUT2D eigenvalue weighted by Crippen LogP contribution is -1.94. The Morgan fingerprint density at radius 1 is 1.12 bits per heavy atom. The van der Waals surface area contributed by atoms with Gasteiger partial charge < -0.3 is 5.73 Å². The van der Waals surface area contributed by atoms with Gasteiger partial charge in [-0.05, 0) is 12.1 Å². The molecule has 0 aliphatic rings. The van der Waals surface area contributed by atoms with Crippen LogP contribution >= 0.6 is 0 Å². The fraction of sp³-hybridized carbons (Fsp3) is 0. The van der Waals surface area contributed by atoms with Gasteiger partial charge in [0.2, 0.25) is 0 Å². The van der Waals surface area contributed by atoms with Gasteiger partial charge >= 0.3 is 0 Å². The molecule has 0 aliphatic heterocycles. The van der Waals surface area contributed by atoms with Crippen LogP contribution in [0.5, 0.6) is 0 Å². The lowest BCUT2D eigenvalue weighted by molar-refractivity contribution is 0.943. The fourth-order valence-corrected chi connectivity index (χ4v) is 1.53. The van der Waals surface area contributed by atoms with Gasteiger partial charge in [0.15, 0.2) is 5.65 Å². The molecule has 0 saturated carbocycles. The molecule has 0 amide bonds. The molecule has 0 radical (unpaired) electrons. The minimum atomic E-state index is 0.586. The van der Waals surface area contributed by atoms with Gasteiger partial charge in [-0.2, -0.15) is 5.10 Å². The van der Waals surface area contributed by atoms with Crippen LogP contribution in [0.4, 0.5) is 5.69 Å². The molecule has 0 fully saturated rings. The maximum atomic E-state index is 5.63. The van der Waals surface area contributed by atoms with Gasteiger partial charge in [-0.3, -0.25) is 4.98 Å². The van der Waals surface area contributed by atoms with Crippen molar-refractivity contribution < 1.29 is 0 Å². The van der Waals surface area contributed by atoms with E-state index in [0.29, 0.717) is 5.69 Å². The molecule has 0 bridgehead atoms. The summed E-state index contributed by atoms with van der Waals surface area (Å²) in [6.07, 6.45) is 5.08. The van der Waals surface area contributed by atoms with E-state index in [9.17, 15) is 0 Å². The standard InChI is InChI=1S/C11H9N5/c12-8-6-14-11-5-10(15-16(11)7-8)9-3-1-2-4-13-9/h1-7H,12H2. The number of anilines is 1. The maximum Gasteiger partial charge on any atom is 0.155 e. The molecule has 3 aromatic rings. The Hall–Kier alpha value is -2.43. The Kier molecular flexibility index (Phi) is 1.83. The van der Waals surface area contributed by atoms with Gasteiger partial charge in [-0.15, -0.1) is 0 Å². The maximum absolute atomic E-state index is 5.63. The van der Waals surface area contributed by atoms with Crippen LogP contribution in [0, 0.1) is 0 Å². The summed E-state index contributed by atoms with van der Waals surface area (Å²) < 4.78 is 1.65. The van der Waals surface area contributed by atoms with Crippen LogP contribution in [0.1, 0.15) is 0 Å². The molecular weight excluding hydrogens is 202 g/mol. The molecule has 3 aromatic heterocycles. The van der Waals surface area contributed by atoms with E-state index in [1.165, 1.54) is 0 Å². The Labute approximate surface area is 91.6 Å². The zero-order chi connectivity index (χ0) is 11.0. The number of nitrogens with zero attached hydrogens (tertiary/aromatic N) is 4. The fourth-order valence-electron chi connectivity index (χ4n) is 1.53. The third-order valence-electron chi connectivity index (χ3n) is 2.26. The highest BCUT2D eigenvalue weighted by atomic mass is 15.3. The first kappa shape index (κ1) is 8.84. The van der Waals surface area contributed by atoms with Crippen LogP contribution in [-0.2, 0) is 0 Å². The van der Waals surface area contributed by atoms with E-state index in [1.807, 2.05) is 24.3 Å². The molecule has 5 heteroatoms. The number of pyridine rings is 1. The summed E-state index contributed by atoms with van der Waals surface area (Å²) in [5, 5.41) is 4.36. The van der Waals surface area contributed by atoms with Crippen molar-refractivity contribution >= 4 is 11.3 Å². The molecule has 16 heavy (non-hydrogen) atoms. The molecule has 2 N–H and O–H groups in total. The topological polar surface area (TPSA) is 69.1 Å². The zero-order valence-corrected chi connectivity index (χ0v) is 8.41. The molecule has 0 unspecified atom stereocenters. The summed E-state index contributed by atoms with van der Waals surface area (Å²) in [5.74, 6) is 0. The van der Waals surface area contributed by atoms with Gasteiger partial charge in [0.1, 0.15) is 5.69 Å². The second-order valence-electron chi connectivity index (χ2n) is 3.43. The number of hydrogen-bond acceptors (Lipinski definition) is 4. The highest BCUT2D eigenvalue weighted by molar-refractivity contribution is 5.60. The van der Waals surface area contributed by atoms with Crippen molar-refractivity contribution in [1.29, 1.82) is 0 Å². The molecule has 3 heterocycles. The lowest BCUT2D eigenvalue weighted by atomic mass is 10.3. The van der Waals surface area contributed by atoms with Crippen LogP contribution < -0.4 is 5.73 Å². The van der Waals surface area contributed by atoms with E-state index < -0.39 is 0 Å². The second kappa shape index (κ2) is 3.30. The van der Waals surface area contributed by atoms with E-state index in [0.717, 1.165) is 17.0 Å². The Morgan fingerprint density at radius 2 is 2.06 bits per heavy atom. The smallest absolute Gasteiger partial charge is 0.155 e. The first-order chi connectivity index (χ1) is 7.83. The average molecular weight is 211 g/mol. The van der Waals surface area contributed by atoms with Crippen molar-refractivity contribution in [2.75, 3.05) is 5.73 Å². The number of fused-ring (bicyclic) bond motifs is 1. The van der Waals surface area contributed by atoms with Crippen LogP contribution in [0.2, 0.25) is 0 Å². The molecule has 78 valence electrons. The average Bonchev–Trinajstić information content (AvgIpc) is 2.73. The second-order valence-corrected chi connectivity index (χ2v) is 3.43. The predicted molar refractivity (Wildman–Crippen MR) is 60.6 cm³/mol. The van der Waals surface area contributed by atoms with Crippen molar-refractivity contribution in [3.8, 4) is 11.4 Å². The quantitative estimate of drug-likeness (QED) is 0.660. The normalized spacial score (nSPS) is 10.8. The number of aromatic nitrogens is 4. The highest BCUT2D eigenvalue weighted by Gasteiger charge is 2.05. The largest absolute Gasteiger partial charge is 0.396 e.